The summed E-state index contributed by atoms with van der Waals surface area (Å²) in [6.07, 6.45) is -1.20. The molecular formula is C31H21Cl2NO5. The fourth-order valence-corrected chi connectivity index (χ4v) is 4.69. The van der Waals surface area contributed by atoms with E-state index < -0.39 is 23.9 Å². The van der Waals surface area contributed by atoms with Gasteiger partial charge < -0.3 is 4.74 Å². The van der Waals surface area contributed by atoms with E-state index in [0.717, 1.165) is 16.0 Å². The highest BCUT2D eigenvalue weighted by Crippen LogP contribution is 2.34. The standard InChI is InChI=1S/C31H21Cl2NO5/c1-17-11-12-20(13-18(17)2)27(35)28(19-7-4-3-5-8-19)39-31(38)21-9-6-10-22(14-21)34-29(36)23-15-25(32)26(33)16-24(23)30(34)37/h3-16,28H,1-2H3/t28-/m0/s1. The summed E-state index contributed by atoms with van der Waals surface area (Å²) < 4.78 is 5.76. The monoisotopic (exact) mass is 557 g/mol. The van der Waals surface area contributed by atoms with Crippen LogP contribution < -0.4 is 4.90 Å². The number of ketones is 1. The van der Waals surface area contributed by atoms with E-state index in [9.17, 15) is 19.2 Å². The van der Waals surface area contributed by atoms with Gasteiger partial charge in [0.05, 0.1) is 32.4 Å². The van der Waals surface area contributed by atoms with Crippen LogP contribution in [-0.4, -0.2) is 23.6 Å². The summed E-state index contributed by atoms with van der Waals surface area (Å²) in [5.41, 5.74) is 3.37. The van der Waals surface area contributed by atoms with Gasteiger partial charge >= 0.3 is 5.97 Å². The minimum Gasteiger partial charge on any atom is -0.445 e. The normalized spacial score (nSPS) is 13.3. The minimum absolute atomic E-state index is 0.0638. The van der Waals surface area contributed by atoms with Crippen LogP contribution in [0.15, 0.2) is 84.9 Å². The van der Waals surface area contributed by atoms with E-state index in [4.69, 9.17) is 27.9 Å². The number of benzene rings is 4. The fraction of sp³-hybridized carbons (Fsp3) is 0.0968. The van der Waals surface area contributed by atoms with Crippen LogP contribution in [0.25, 0.3) is 0 Å². The lowest BCUT2D eigenvalue weighted by Crippen LogP contribution is -2.29. The molecule has 39 heavy (non-hydrogen) atoms. The van der Waals surface area contributed by atoms with E-state index in [1.807, 2.05) is 19.9 Å². The van der Waals surface area contributed by atoms with Crippen LogP contribution in [0.4, 0.5) is 5.69 Å². The first-order chi connectivity index (χ1) is 18.7. The predicted molar refractivity (Wildman–Crippen MR) is 149 cm³/mol. The van der Waals surface area contributed by atoms with E-state index in [2.05, 4.69) is 0 Å². The molecule has 5 rings (SSSR count). The Bertz CT molecular complexity index is 1620. The average molecular weight is 558 g/mol. The molecule has 0 unspecified atom stereocenters. The number of rotatable bonds is 6. The second-order valence-electron chi connectivity index (χ2n) is 9.17. The van der Waals surface area contributed by atoms with Gasteiger partial charge in [0.2, 0.25) is 5.78 Å². The van der Waals surface area contributed by atoms with Crippen LogP contribution in [0, 0.1) is 13.8 Å². The van der Waals surface area contributed by atoms with Crippen LogP contribution in [0.2, 0.25) is 10.0 Å². The molecule has 0 aliphatic carbocycles. The molecule has 1 aliphatic rings. The first kappa shape index (κ1) is 26.4. The molecule has 0 fully saturated rings. The molecule has 0 aromatic heterocycles. The van der Waals surface area contributed by atoms with E-state index in [1.165, 1.54) is 36.4 Å². The number of imide groups is 1. The predicted octanol–water partition coefficient (Wildman–Crippen LogP) is 7.19. The van der Waals surface area contributed by atoms with Crippen LogP contribution in [0.1, 0.15) is 64.2 Å². The molecule has 4 aromatic carbocycles. The number of amides is 2. The SMILES string of the molecule is Cc1ccc(C(=O)[C@@H](OC(=O)c2cccc(N3C(=O)c4cc(Cl)c(Cl)cc4C3=O)c2)c2ccccc2)cc1C. The number of carbonyl (C=O) groups is 4. The molecule has 1 aliphatic heterocycles. The molecule has 0 bridgehead atoms. The van der Waals surface area contributed by atoms with E-state index in [1.54, 1.807) is 42.5 Å². The van der Waals surface area contributed by atoms with Gasteiger partial charge in [0, 0.05) is 11.1 Å². The second-order valence-corrected chi connectivity index (χ2v) is 9.98. The number of hydrogen-bond donors (Lipinski definition) is 0. The Hall–Kier alpha value is -4.26. The molecule has 2 amide bonds. The fourth-order valence-electron chi connectivity index (χ4n) is 4.36. The maximum Gasteiger partial charge on any atom is 0.339 e. The highest BCUT2D eigenvalue weighted by molar-refractivity contribution is 6.44. The number of fused-ring (bicyclic) bond motifs is 1. The molecule has 8 heteroatoms. The number of carbonyl (C=O) groups excluding carboxylic acids is 4. The molecule has 4 aromatic rings. The van der Waals surface area contributed by atoms with Crippen LogP contribution >= 0.6 is 23.2 Å². The first-order valence-corrected chi connectivity index (χ1v) is 12.8. The van der Waals surface area contributed by atoms with Crippen LogP contribution in [-0.2, 0) is 4.74 Å². The molecular weight excluding hydrogens is 537 g/mol. The third-order valence-corrected chi connectivity index (χ3v) is 7.35. The molecule has 0 N–H and O–H groups in total. The van der Waals surface area contributed by atoms with Gasteiger partial charge in [-0.2, -0.15) is 0 Å². The summed E-state index contributed by atoms with van der Waals surface area (Å²) in [4.78, 5) is 53.9. The van der Waals surface area contributed by atoms with Gasteiger partial charge in [-0.05, 0) is 61.4 Å². The molecule has 0 radical (unpaired) electrons. The quantitative estimate of drug-likeness (QED) is 0.142. The zero-order valence-corrected chi connectivity index (χ0v) is 22.4. The molecule has 0 saturated carbocycles. The summed E-state index contributed by atoms with van der Waals surface area (Å²) >= 11 is 12.1. The number of Topliss-reactive ketones (excluding diaryl/α,β-unsaturated/α-hetero) is 1. The number of nitrogens with zero attached hydrogens (tertiary/aromatic N) is 1. The number of halogens is 2. The van der Waals surface area contributed by atoms with E-state index in [0.29, 0.717) is 11.1 Å². The topological polar surface area (TPSA) is 80.8 Å². The van der Waals surface area contributed by atoms with Crippen molar-refractivity contribution in [2.24, 2.45) is 0 Å². The van der Waals surface area contributed by atoms with Crippen LogP contribution in [0.3, 0.4) is 0 Å². The summed E-state index contributed by atoms with van der Waals surface area (Å²) in [7, 11) is 0. The Morgan fingerprint density at radius 2 is 1.36 bits per heavy atom. The highest BCUT2D eigenvalue weighted by Gasteiger charge is 2.38. The first-order valence-electron chi connectivity index (χ1n) is 12.0. The summed E-state index contributed by atoms with van der Waals surface area (Å²) in [5, 5.41) is 0.298. The van der Waals surface area contributed by atoms with Crippen molar-refractivity contribution in [2.75, 3.05) is 4.90 Å². The Morgan fingerprint density at radius 3 is 1.97 bits per heavy atom. The van der Waals surface area contributed by atoms with E-state index >= 15 is 0 Å². The lowest BCUT2D eigenvalue weighted by molar-refractivity contribution is 0.0280. The molecule has 0 saturated heterocycles. The van der Waals surface area contributed by atoms with Crippen molar-refractivity contribution in [1.82, 2.24) is 0 Å². The summed E-state index contributed by atoms with van der Waals surface area (Å²) in [6, 6.07) is 22.7. The van der Waals surface area contributed by atoms with E-state index in [-0.39, 0.29) is 38.2 Å². The van der Waals surface area contributed by atoms with Crippen LogP contribution in [0.5, 0.6) is 0 Å². The molecule has 0 spiro atoms. The van der Waals surface area contributed by atoms with Gasteiger partial charge in [-0.1, -0.05) is 71.7 Å². The largest absolute Gasteiger partial charge is 0.445 e. The van der Waals surface area contributed by atoms with Gasteiger partial charge in [0.15, 0.2) is 6.10 Å². The lowest BCUT2D eigenvalue weighted by Gasteiger charge is -2.19. The number of anilines is 1. The molecule has 194 valence electrons. The second kappa shape index (κ2) is 10.5. The maximum atomic E-state index is 13.5. The third kappa shape index (κ3) is 4.97. The highest BCUT2D eigenvalue weighted by atomic mass is 35.5. The Kier molecular flexibility index (Phi) is 7.08. The van der Waals surface area contributed by atoms with Crippen molar-refractivity contribution in [2.45, 2.75) is 20.0 Å². The smallest absolute Gasteiger partial charge is 0.339 e. The number of ether oxygens (including phenoxy) is 1. The van der Waals surface area contributed by atoms with Crippen molar-refractivity contribution in [3.05, 3.63) is 134 Å². The van der Waals surface area contributed by atoms with Gasteiger partial charge in [-0.3, -0.25) is 14.4 Å². The number of hydrogen-bond acceptors (Lipinski definition) is 5. The number of esters is 1. The molecule has 1 heterocycles. The lowest BCUT2D eigenvalue weighted by atomic mass is 9.97. The molecule has 1 atom stereocenters. The molecule has 6 nitrogen and oxygen atoms in total. The summed E-state index contributed by atoms with van der Waals surface area (Å²) in [6.45, 7) is 3.85. The third-order valence-electron chi connectivity index (χ3n) is 6.62. The van der Waals surface area contributed by atoms with Gasteiger partial charge in [-0.25, -0.2) is 9.69 Å². The van der Waals surface area contributed by atoms with Gasteiger partial charge in [0.1, 0.15) is 0 Å². The van der Waals surface area contributed by atoms with Crippen molar-refractivity contribution < 1.29 is 23.9 Å². The zero-order valence-electron chi connectivity index (χ0n) is 20.9. The summed E-state index contributed by atoms with van der Waals surface area (Å²) in [5.74, 6) is -2.34. The van der Waals surface area contributed by atoms with Crippen molar-refractivity contribution in [3.8, 4) is 0 Å². The minimum atomic E-state index is -1.20. The van der Waals surface area contributed by atoms with Crippen molar-refractivity contribution >= 4 is 52.5 Å². The zero-order chi connectivity index (χ0) is 27.8. The number of aryl methyl sites for hydroxylation is 2. The Labute approximate surface area is 234 Å². The Balaban J connectivity index is 1.45. The van der Waals surface area contributed by atoms with Crippen molar-refractivity contribution in [3.63, 3.8) is 0 Å². The Morgan fingerprint density at radius 1 is 0.718 bits per heavy atom. The van der Waals surface area contributed by atoms with Gasteiger partial charge in [-0.15, -0.1) is 0 Å². The average Bonchev–Trinajstić information content (AvgIpc) is 3.17. The van der Waals surface area contributed by atoms with Crippen molar-refractivity contribution in [1.29, 1.82) is 0 Å². The maximum absolute atomic E-state index is 13.5. The van der Waals surface area contributed by atoms with Gasteiger partial charge in [0.25, 0.3) is 11.8 Å².